The third-order valence-corrected chi connectivity index (χ3v) is 1.12. The Labute approximate surface area is 79.9 Å². The van der Waals surface area contributed by atoms with E-state index < -0.39 is 0 Å². The molecule has 0 aliphatic carbocycles. The lowest BCUT2D eigenvalue weighted by Gasteiger charge is -2.04. The zero-order valence-electron chi connectivity index (χ0n) is 8.89. The van der Waals surface area contributed by atoms with E-state index in [4.69, 9.17) is 0 Å². The number of amides is 2. The molecule has 0 unspecified atom stereocenters. The minimum atomic E-state index is -0.245. The summed E-state index contributed by atoms with van der Waals surface area (Å²) in [5, 5.41) is 2.75. The average molecular weight is 188 g/mol. The molecule has 0 saturated heterocycles. The number of rotatable bonds is 3. The molecule has 3 N–H and O–H groups in total. The highest BCUT2D eigenvalue weighted by molar-refractivity contribution is 5.75. The summed E-state index contributed by atoms with van der Waals surface area (Å²) in [4.78, 5) is 20.1. The van der Waals surface area contributed by atoms with E-state index in [0.29, 0.717) is 12.8 Å². The van der Waals surface area contributed by atoms with Crippen LogP contribution in [0.25, 0.3) is 0 Å². The molecule has 0 heterocycles. The second-order valence-electron chi connectivity index (χ2n) is 2.90. The Balaban J connectivity index is 0. The van der Waals surface area contributed by atoms with Crippen LogP contribution in [0, 0.1) is 0 Å². The second-order valence-corrected chi connectivity index (χ2v) is 2.90. The number of primary amides is 1. The fourth-order valence-corrected chi connectivity index (χ4v) is 0.424. The van der Waals surface area contributed by atoms with E-state index in [1.165, 1.54) is 0 Å². The fourth-order valence-electron chi connectivity index (χ4n) is 0.424. The van der Waals surface area contributed by atoms with Gasteiger partial charge in [0.1, 0.15) is 0 Å². The van der Waals surface area contributed by atoms with Crippen LogP contribution < -0.4 is 11.1 Å². The van der Waals surface area contributed by atoms with Gasteiger partial charge in [-0.3, -0.25) is 9.59 Å². The summed E-state index contributed by atoms with van der Waals surface area (Å²) in [6.07, 6.45) is 1.03. The number of carbonyl (C=O) groups excluding carboxylic acids is 2. The Hall–Kier alpha value is -1.06. The van der Waals surface area contributed by atoms with Gasteiger partial charge in [-0.25, -0.2) is 0 Å². The average Bonchev–Trinajstić information content (AvgIpc) is 2.04. The van der Waals surface area contributed by atoms with E-state index in [-0.39, 0.29) is 17.9 Å². The molecule has 0 spiro atoms. The van der Waals surface area contributed by atoms with E-state index in [1.54, 1.807) is 6.92 Å². The summed E-state index contributed by atoms with van der Waals surface area (Å²) in [5.41, 5.74) is 4.65. The molecule has 0 aromatic rings. The van der Waals surface area contributed by atoms with Crippen LogP contribution >= 0.6 is 0 Å². The summed E-state index contributed by atoms with van der Waals surface area (Å²) in [6.45, 7) is 7.47. The molecule has 0 rings (SSSR count). The largest absolute Gasteiger partial charge is 0.370 e. The standard InChI is InChI=1S/C6H13NO.C3H7NO/c1-4-6(8)7-5(2)3;1-2-3(4)5/h5H,4H2,1-3H3,(H,7,8);2H2,1H3,(H2,4,5). The predicted molar refractivity (Wildman–Crippen MR) is 53.1 cm³/mol. The zero-order chi connectivity index (χ0) is 10.9. The number of nitrogens with one attached hydrogen (secondary N) is 1. The van der Waals surface area contributed by atoms with E-state index in [9.17, 15) is 9.59 Å². The minimum absolute atomic E-state index is 0.125. The summed E-state index contributed by atoms with van der Waals surface area (Å²) in [5.74, 6) is -0.120. The fraction of sp³-hybridized carbons (Fsp3) is 0.778. The molecule has 0 radical (unpaired) electrons. The van der Waals surface area contributed by atoms with Crippen molar-refractivity contribution < 1.29 is 9.59 Å². The van der Waals surface area contributed by atoms with E-state index >= 15 is 0 Å². The van der Waals surface area contributed by atoms with Gasteiger partial charge in [0.2, 0.25) is 11.8 Å². The first-order valence-electron chi connectivity index (χ1n) is 4.51. The third-order valence-electron chi connectivity index (χ3n) is 1.12. The van der Waals surface area contributed by atoms with Gasteiger partial charge in [0.25, 0.3) is 0 Å². The molecule has 0 aromatic carbocycles. The Morgan fingerprint density at radius 2 is 1.62 bits per heavy atom. The summed E-state index contributed by atoms with van der Waals surface area (Å²) in [6, 6.07) is 0.280. The highest BCUT2D eigenvalue weighted by Gasteiger charge is 1.96. The van der Waals surface area contributed by atoms with Crippen molar-refractivity contribution >= 4 is 11.8 Å². The van der Waals surface area contributed by atoms with Gasteiger partial charge in [-0.05, 0) is 13.8 Å². The van der Waals surface area contributed by atoms with Gasteiger partial charge in [0.05, 0.1) is 0 Å². The monoisotopic (exact) mass is 188 g/mol. The number of nitrogens with two attached hydrogens (primary N) is 1. The van der Waals surface area contributed by atoms with Crippen molar-refractivity contribution in [1.82, 2.24) is 5.32 Å². The highest BCUT2D eigenvalue weighted by Crippen LogP contribution is 1.79. The molecule has 13 heavy (non-hydrogen) atoms. The maximum atomic E-state index is 10.5. The first-order chi connectivity index (χ1) is 5.93. The van der Waals surface area contributed by atoms with Gasteiger partial charge in [-0.15, -0.1) is 0 Å². The predicted octanol–water partition coefficient (Wildman–Crippen LogP) is 0.803. The minimum Gasteiger partial charge on any atom is -0.370 e. The Kier molecular flexibility index (Phi) is 10.0. The summed E-state index contributed by atoms with van der Waals surface area (Å²) >= 11 is 0. The van der Waals surface area contributed by atoms with Crippen LogP contribution in [-0.4, -0.2) is 17.9 Å². The number of hydrogen-bond donors (Lipinski definition) is 2. The summed E-state index contributed by atoms with van der Waals surface area (Å²) in [7, 11) is 0. The molecule has 0 bridgehead atoms. The van der Waals surface area contributed by atoms with Crippen LogP contribution in [0.1, 0.15) is 40.5 Å². The molecular formula is C9H20N2O2. The van der Waals surface area contributed by atoms with E-state index in [1.807, 2.05) is 20.8 Å². The highest BCUT2D eigenvalue weighted by atomic mass is 16.1. The molecule has 4 heteroatoms. The molecule has 0 fully saturated rings. The van der Waals surface area contributed by atoms with Crippen LogP contribution in [-0.2, 0) is 9.59 Å². The van der Waals surface area contributed by atoms with Gasteiger partial charge >= 0.3 is 0 Å². The maximum absolute atomic E-state index is 10.5. The van der Waals surface area contributed by atoms with Crippen LogP contribution in [0.15, 0.2) is 0 Å². The van der Waals surface area contributed by atoms with Gasteiger partial charge in [0, 0.05) is 18.9 Å². The lowest BCUT2D eigenvalue weighted by molar-refractivity contribution is -0.121. The maximum Gasteiger partial charge on any atom is 0.219 e. The van der Waals surface area contributed by atoms with Crippen molar-refractivity contribution in [2.75, 3.05) is 0 Å². The molecule has 2 amide bonds. The molecule has 0 atom stereocenters. The van der Waals surface area contributed by atoms with Crippen molar-refractivity contribution in [3.8, 4) is 0 Å². The molecule has 0 aliphatic rings. The normalized spacial score (nSPS) is 8.69. The van der Waals surface area contributed by atoms with Crippen molar-refractivity contribution in [2.45, 2.75) is 46.6 Å². The van der Waals surface area contributed by atoms with Gasteiger partial charge in [-0.2, -0.15) is 0 Å². The molecule has 78 valence electrons. The molecular weight excluding hydrogens is 168 g/mol. The topological polar surface area (TPSA) is 72.2 Å². The molecule has 0 aromatic heterocycles. The first kappa shape index (κ1) is 14.5. The van der Waals surface area contributed by atoms with Crippen molar-refractivity contribution in [3.63, 3.8) is 0 Å². The SMILES string of the molecule is CCC(=O)NC(C)C.CCC(N)=O. The van der Waals surface area contributed by atoms with Crippen LogP contribution in [0.4, 0.5) is 0 Å². The summed E-state index contributed by atoms with van der Waals surface area (Å²) < 4.78 is 0. The van der Waals surface area contributed by atoms with Gasteiger partial charge < -0.3 is 11.1 Å². The van der Waals surface area contributed by atoms with Crippen molar-refractivity contribution in [1.29, 1.82) is 0 Å². The van der Waals surface area contributed by atoms with Crippen LogP contribution in [0.2, 0.25) is 0 Å². The second kappa shape index (κ2) is 9.03. The first-order valence-corrected chi connectivity index (χ1v) is 4.51. The van der Waals surface area contributed by atoms with E-state index in [0.717, 1.165) is 0 Å². The van der Waals surface area contributed by atoms with Crippen LogP contribution in [0.5, 0.6) is 0 Å². The Bertz CT molecular complexity index is 156. The van der Waals surface area contributed by atoms with Crippen molar-refractivity contribution in [2.24, 2.45) is 5.73 Å². The number of carbonyl (C=O) groups is 2. The van der Waals surface area contributed by atoms with Gasteiger partial charge in [0.15, 0.2) is 0 Å². The smallest absolute Gasteiger partial charge is 0.219 e. The molecule has 0 saturated carbocycles. The van der Waals surface area contributed by atoms with Gasteiger partial charge in [-0.1, -0.05) is 13.8 Å². The van der Waals surface area contributed by atoms with Crippen molar-refractivity contribution in [3.05, 3.63) is 0 Å². The lowest BCUT2D eigenvalue weighted by Crippen LogP contribution is -2.29. The van der Waals surface area contributed by atoms with E-state index in [2.05, 4.69) is 11.1 Å². The van der Waals surface area contributed by atoms with Crippen LogP contribution in [0.3, 0.4) is 0 Å². The molecule has 4 nitrogen and oxygen atoms in total. The third kappa shape index (κ3) is 18.2. The Morgan fingerprint density at radius 1 is 1.23 bits per heavy atom. The Morgan fingerprint density at radius 3 is 1.69 bits per heavy atom. The zero-order valence-corrected chi connectivity index (χ0v) is 8.89. The molecule has 0 aliphatic heterocycles. The lowest BCUT2D eigenvalue weighted by atomic mass is 10.3. The number of hydrogen-bond acceptors (Lipinski definition) is 2. The quantitative estimate of drug-likeness (QED) is 0.687.